The van der Waals surface area contributed by atoms with E-state index in [9.17, 15) is 0 Å². The predicted octanol–water partition coefficient (Wildman–Crippen LogP) is 5.74. The van der Waals surface area contributed by atoms with E-state index < -0.39 is 0 Å². The van der Waals surface area contributed by atoms with Gasteiger partial charge in [-0.2, -0.15) is 0 Å². The Morgan fingerprint density at radius 2 is 1.27 bits per heavy atom. The van der Waals surface area contributed by atoms with Crippen molar-refractivity contribution in [3.05, 3.63) is 139 Å². The molecule has 4 heterocycles. The molecule has 8 rings (SSSR count). The van der Waals surface area contributed by atoms with Gasteiger partial charge in [-0.1, -0.05) is 68.3 Å². The smallest absolute Gasteiger partial charge is 0.260 e. The van der Waals surface area contributed by atoms with Crippen LogP contribution in [0.5, 0.6) is 28.7 Å². The number of allylic oxidation sites excluding steroid dienone is 6. The molecule has 0 atom stereocenters. The molecule has 0 unspecified atom stereocenters. The molecule has 4 aliphatic heterocycles. The van der Waals surface area contributed by atoms with Gasteiger partial charge >= 0.3 is 0 Å². The third-order valence-corrected chi connectivity index (χ3v) is 8.32. The van der Waals surface area contributed by atoms with E-state index in [0.29, 0.717) is 17.3 Å². The van der Waals surface area contributed by atoms with E-state index in [4.69, 9.17) is 18.9 Å². The number of para-hydroxylation sites is 1. The SMILES string of the molecule is C=CC1=C(/C=C\C)B2C(=C(C=C)Oc3cc4cc5c(cc4cc32)Oc2cccc3c2B5c2ccccc2O3)C(=C)O1. The van der Waals surface area contributed by atoms with E-state index in [0.717, 1.165) is 72.3 Å². The molecule has 0 aliphatic carbocycles. The summed E-state index contributed by atoms with van der Waals surface area (Å²) >= 11 is 0. The number of ether oxygens (including phenoxy) is 4. The summed E-state index contributed by atoms with van der Waals surface area (Å²) in [6.07, 6.45) is 7.55. The van der Waals surface area contributed by atoms with E-state index in [-0.39, 0.29) is 13.4 Å². The summed E-state index contributed by atoms with van der Waals surface area (Å²) in [6.45, 7) is 14.1. The zero-order chi connectivity index (χ0) is 27.8. The molecule has 4 aromatic carbocycles. The van der Waals surface area contributed by atoms with E-state index in [1.807, 2.05) is 43.3 Å². The van der Waals surface area contributed by atoms with Gasteiger partial charge in [0, 0.05) is 10.9 Å². The molecule has 41 heavy (non-hydrogen) atoms. The molecule has 0 N–H and O–H groups in total. The van der Waals surface area contributed by atoms with Gasteiger partial charge in [0.2, 0.25) is 0 Å². The predicted molar refractivity (Wildman–Crippen MR) is 167 cm³/mol. The average Bonchev–Trinajstić information content (AvgIpc) is 2.99. The summed E-state index contributed by atoms with van der Waals surface area (Å²) in [4.78, 5) is 0. The zero-order valence-corrected chi connectivity index (χ0v) is 22.6. The summed E-state index contributed by atoms with van der Waals surface area (Å²) in [5.41, 5.74) is 6.21. The van der Waals surface area contributed by atoms with Gasteiger partial charge in [0.05, 0.1) is 0 Å². The van der Waals surface area contributed by atoms with Gasteiger partial charge in [0.25, 0.3) is 13.4 Å². The Morgan fingerprint density at radius 1 is 0.634 bits per heavy atom. The first-order chi connectivity index (χ1) is 20.1. The highest BCUT2D eigenvalue weighted by atomic mass is 16.5. The highest BCUT2D eigenvalue weighted by molar-refractivity contribution is 6.98. The van der Waals surface area contributed by atoms with Crippen molar-refractivity contribution < 1.29 is 18.9 Å². The van der Waals surface area contributed by atoms with Gasteiger partial charge in [0.15, 0.2) is 0 Å². The topological polar surface area (TPSA) is 36.9 Å². The Balaban J connectivity index is 1.36. The first-order valence-electron chi connectivity index (χ1n) is 13.7. The molecule has 194 valence electrons. The first kappa shape index (κ1) is 23.8. The summed E-state index contributed by atoms with van der Waals surface area (Å²) in [5, 5.41) is 2.12. The largest absolute Gasteiger partial charge is 0.459 e. The summed E-state index contributed by atoms with van der Waals surface area (Å²) in [7, 11) is 0. The molecule has 0 radical (unpaired) electrons. The minimum absolute atomic E-state index is 0.00433. The van der Waals surface area contributed by atoms with Gasteiger partial charge in [0.1, 0.15) is 46.0 Å². The Kier molecular flexibility index (Phi) is 5.05. The average molecular weight is 530 g/mol. The van der Waals surface area contributed by atoms with Crippen LogP contribution in [-0.4, -0.2) is 13.4 Å². The number of rotatable bonds is 3. The van der Waals surface area contributed by atoms with Crippen molar-refractivity contribution in [1.29, 1.82) is 0 Å². The minimum Gasteiger partial charge on any atom is -0.459 e. The normalized spacial score (nSPS) is 16.1. The number of hydrogen-bond donors (Lipinski definition) is 0. The quantitative estimate of drug-likeness (QED) is 0.274. The molecule has 0 bridgehead atoms. The van der Waals surface area contributed by atoms with Crippen LogP contribution in [0.3, 0.4) is 0 Å². The minimum atomic E-state index is -0.135. The highest BCUT2D eigenvalue weighted by Crippen LogP contribution is 2.40. The fraction of sp³-hybridized carbons (Fsp3) is 0.0286. The molecule has 0 aromatic heterocycles. The fourth-order valence-corrected chi connectivity index (χ4v) is 6.64. The lowest BCUT2D eigenvalue weighted by Gasteiger charge is -2.35. The maximum atomic E-state index is 6.54. The van der Waals surface area contributed by atoms with Crippen LogP contribution >= 0.6 is 0 Å². The van der Waals surface area contributed by atoms with Crippen molar-refractivity contribution in [1.82, 2.24) is 0 Å². The monoisotopic (exact) mass is 530 g/mol. The van der Waals surface area contributed by atoms with E-state index in [2.05, 4.69) is 62.2 Å². The number of fused-ring (bicyclic) bond motifs is 8. The molecular weight excluding hydrogens is 506 g/mol. The van der Waals surface area contributed by atoms with Crippen molar-refractivity contribution in [2.75, 3.05) is 0 Å². The lowest BCUT2D eigenvalue weighted by molar-refractivity contribution is 0.323. The van der Waals surface area contributed by atoms with Crippen molar-refractivity contribution >= 4 is 46.0 Å². The zero-order valence-electron chi connectivity index (χ0n) is 22.6. The molecule has 4 aliphatic rings. The molecule has 0 fully saturated rings. The summed E-state index contributed by atoms with van der Waals surface area (Å²) < 4.78 is 25.4. The second-order valence-corrected chi connectivity index (χ2v) is 10.5. The molecule has 0 amide bonds. The van der Waals surface area contributed by atoms with Crippen LogP contribution < -0.4 is 36.1 Å². The maximum absolute atomic E-state index is 6.54. The molecule has 0 saturated carbocycles. The third kappa shape index (κ3) is 3.31. The van der Waals surface area contributed by atoms with E-state index in [1.165, 1.54) is 0 Å². The number of benzene rings is 4. The Morgan fingerprint density at radius 3 is 1.98 bits per heavy atom. The second-order valence-electron chi connectivity index (χ2n) is 10.5. The van der Waals surface area contributed by atoms with Crippen LogP contribution in [0.4, 0.5) is 0 Å². The fourth-order valence-electron chi connectivity index (χ4n) is 6.64. The van der Waals surface area contributed by atoms with Crippen molar-refractivity contribution in [2.45, 2.75) is 6.92 Å². The lowest BCUT2D eigenvalue weighted by Crippen LogP contribution is -2.57. The Bertz CT molecular complexity index is 1980. The van der Waals surface area contributed by atoms with Gasteiger partial charge in [-0.05, 0) is 82.0 Å². The molecule has 4 aromatic rings. The van der Waals surface area contributed by atoms with Crippen LogP contribution in [0.2, 0.25) is 0 Å². The van der Waals surface area contributed by atoms with Gasteiger partial charge in [-0.15, -0.1) is 0 Å². The van der Waals surface area contributed by atoms with Gasteiger partial charge < -0.3 is 18.9 Å². The van der Waals surface area contributed by atoms with Crippen LogP contribution in [-0.2, 0) is 4.74 Å². The first-order valence-corrected chi connectivity index (χ1v) is 13.7. The van der Waals surface area contributed by atoms with Gasteiger partial charge in [-0.25, -0.2) is 0 Å². The van der Waals surface area contributed by atoms with Crippen LogP contribution in [0.15, 0.2) is 139 Å². The molecule has 4 nitrogen and oxygen atoms in total. The van der Waals surface area contributed by atoms with Crippen LogP contribution in [0, 0.1) is 0 Å². The standard InChI is InChI=1S/C35H24B2O4/c1-5-11-23-27(6-2)38-20(4)34-28(7-3)39-32-18-22-17-26-33(19-21(22)16-25(32)36(23)34)41-31-15-10-14-30-35(31)37(26)24-12-8-9-13-29(24)40-30/h5-19H,2-4H2,1H3/b11-5-. The van der Waals surface area contributed by atoms with E-state index >= 15 is 0 Å². The Hall–Kier alpha value is -5.09. The van der Waals surface area contributed by atoms with Crippen molar-refractivity contribution in [3.63, 3.8) is 0 Å². The van der Waals surface area contributed by atoms with Gasteiger partial charge in [-0.3, -0.25) is 0 Å². The highest BCUT2D eigenvalue weighted by Gasteiger charge is 2.43. The second kappa shape index (κ2) is 8.70. The lowest BCUT2D eigenvalue weighted by atomic mass is 9.33. The summed E-state index contributed by atoms with van der Waals surface area (Å²) in [5.74, 6) is 6.04. The molecule has 0 spiro atoms. The molecular formula is C35H24B2O4. The maximum Gasteiger partial charge on any atom is 0.260 e. The van der Waals surface area contributed by atoms with Crippen molar-refractivity contribution in [2.24, 2.45) is 0 Å². The third-order valence-electron chi connectivity index (χ3n) is 8.32. The molecule has 6 heteroatoms. The Labute approximate surface area is 239 Å². The summed E-state index contributed by atoms with van der Waals surface area (Å²) in [6, 6.07) is 22.9. The molecule has 0 saturated heterocycles. The van der Waals surface area contributed by atoms with Crippen molar-refractivity contribution in [3.8, 4) is 28.7 Å². The van der Waals surface area contributed by atoms with E-state index in [1.54, 1.807) is 12.2 Å². The number of hydrogen-bond acceptors (Lipinski definition) is 4. The van der Waals surface area contributed by atoms with Crippen LogP contribution in [0.25, 0.3) is 10.8 Å². The van der Waals surface area contributed by atoms with Crippen LogP contribution in [0.1, 0.15) is 6.92 Å².